The Hall–Kier alpha value is -1.09. The third-order valence-corrected chi connectivity index (χ3v) is 4.09. The number of hydrogen-bond donors (Lipinski definition) is 1. The Morgan fingerprint density at radius 1 is 1.19 bits per heavy atom. The molecule has 0 bridgehead atoms. The van der Waals surface area contributed by atoms with E-state index < -0.39 is 0 Å². The fraction of sp³-hybridized carbons (Fsp3) is 0.722. The van der Waals surface area contributed by atoms with Crippen LogP contribution < -0.4 is 10.2 Å². The molecule has 0 saturated heterocycles. The van der Waals surface area contributed by atoms with Crippen LogP contribution in [-0.4, -0.2) is 24.1 Å². The van der Waals surface area contributed by atoms with Crippen molar-refractivity contribution < 1.29 is 0 Å². The van der Waals surface area contributed by atoms with Crippen LogP contribution in [0.15, 0.2) is 12.1 Å². The average Bonchev–Trinajstić information content (AvgIpc) is 3.30. The minimum Gasteiger partial charge on any atom is -0.357 e. The third-order valence-electron chi connectivity index (χ3n) is 4.09. The summed E-state index contributed by atoms with van der Waals surface area (Å²) >= 11 is 0. The van der Waals surface area contributed by atoms with E-state index in [-0.39, 0.29) is 0 Å². The van der Waals surface area contributed by atoms with E-state index in [2.05, 4.69) is 43.1 Å². The first-order chi connectivity index (χ1) is 10.3. The van der Waals surface area contributed by atoms with Gasteiger partial charge in [0.1, 0.15) is 5.82 Å². The zero-order valence-corrected chi connectivity index (χ0v) is 14.0. The zero-order valence-electron chi connectivity index (χ0n) is 14.0. The predicted molar refractivity (Wildman–Crippen MR) is 90.9 cm³/mol. The third kappa shape index (κ3) is 5.31. The van der Waals surface area contributed by atoms with E-state index in [0.29, 0.717) is 0 Å². The molecule has 1 fully saturated rings. The maximum Gasteiger partial charge on any atom is 0.129 e. The lowest BCUT2D eigenvalue weighted by atomic mass is 10.1. The van der Waals surface area contributed by atoms with E-state index in [4.69, 9.17) is 4.98 Å². The van der Waals surface area contributed by atoms with Crippen LogP contribution in [0.1, 0.15) is 64.1 Å². The van der Waals surface area contributed by atoms with E-state index in [1.165, 1.54) is 42.8 Å². The molecule has 0 aromatic carbocycles. The lowest BCUT2D eigenvalue weighted by Crippen LogP contribution is -2.25. The molecule has 2 rings (SSSR count). The van der Waals surface area contributed by atoms with Crippen molar-refractivity contribution in [2.45, 2.75) is 71.9 Å². The first kappa shape index (κ1) is 16.3. The lowest BCUT2D eigenvalue weighted by molar-refractivity contribution is 0.681. The molecule has 21 heavy (non-hydrogen) atoms. The normalized spacial score (nSPS) is 14.4. The molecule has 0 unspecified atom stereocenters. The van der Waals surface area contributed by atoms with Crippen molar-refractivity contribution in [1.29, 1.82) is 0 Å². The Morgan fingerprint density at radius 2 is 2.00 bits per heavy atom. The van der Waals surface area contributed by atoms with Gasteiger partial charge in [-0.3, -0.25) is 0 Å². The van der Waals surface area contributed by atoms with E-state index in [1.54, 1.807) is 0 Å². The summed E-state index contributed by atoms with van der Waals surface area (Å²) in [6, 6.07) is 5.34. The van der Waals surface area contributed by atoms with Crippen LogP contribution in [0.2, 0.25) is 0 Å². The number of aryl methyl sites for hydroxylation is 1. The SMILES string of the molecule is CCCCN(CC)c1cc(CNC2CC2)cc(CCC)n1. The number of pyridine rings is 1. The molecule has 1 aromatic rings. The summed E-state index contributed by atoms with van der Waals surface area (Å²) in [6.45, 7) is 9.85. The average molecular weight is 289 g/mol. The summed E-state index contributed by atoms with van der Waals surface area (Å²) in [6.07, 6.45) is 7.40. The Labute approximate surface area is 130 Å². The highest BCUT2D eigenvalue weighted by molar-refractivity contribution is 5.42. The van der Waals surface area contributed by atoms with Crippen molar-refractivity contribution in [2.24, 2.45) is 0 Å². The largest absolute Gasteiger partial charge is 0.357 e. The Morgan fingerprint density at radius 3 is 2.62 bits per heavy atom. The zero-order chi connectivity index (χ0) is 15.1. The maximum atomic E-state index is 4.89. The summed E-state index contributed by atoms with van der Waals surface area (Å²) in [5.74, 6) is 1.17. The van der Waals surface area contributed by atoms with Crippen molar-refractivity contribution in [1.82, 2.24) is 10.3 Å². The second kappa shape index (κ2) is 8.38. The van der Waals surface area contributed by atoms with Gasteiger partial charge in [-0.25, -0.2) is 4.98 Å². The van der Waals surface area contributed by atoms with Gasteiger partial charge in [0.25, 0.3) is 0 Å². The van der Waals surface area contributed by atoms with E-state index in [9.17, 15) is 0 Å². The number of aromatic nitrogens is 1. The molecule has 0 radical (unpaired) electrons. The smallest absolute Gasteiger partial charge is 0.129 e. The molecular formula is C18H31N3. The van der Waals surface area contributed by atoms with Gasteiger partial charge in [-0.15, -0.1) is 0 Å². The fourth-order valence-corrected chi connectivity index (χ4v) is 2.61. The number of hydrogen-bond acceptors (Lipinski definition) is 3. The number of unbranched alkanes of at least 4 members (excludes halogenated alkanes) is 1. The van der Waals surface area contributed by atoms with Crippen LogP contribution in [0.3, 0.4) is 0 Å². The van der Waals surface area contributed by atoms with Gasteiger partial charge in [0.15, 0.2) is 0 Å². The fourth-order valence-electron chi connectivity index (χ4n) is 2.61. The summed E-state index contributed by atoms with van der Waals surface area (Å²) in [7, 11) is 0. The molecular weight excluding hydrogens is 258 g/mol. The highest BCUT2D eigenvalue weighted by Crippen LogP contribution is 2.21. The van der Waals surface area contributed by atoms with Crippen LogP contribution in [0.4, 0.5) is 5.82 Å². The van der Waals surface area contributed by atoms with Gasteiger partial charge in [-0.05, 0) is 50.3 Å². The highest BCUT2D eigenvalue weighted by atomic mass is 15.2. The molecule has 3 heteroatoms. The van der Waals surface area contributed by atoms with Gasteiger partial charge < -0.3 is 10.2 Å². The minimum atomic E-state index is 0.763. The summed E-state index contributed by atoms with van der Waals surface area (Å²) < 4.78 is 0. The molecule has 0 atom stereocenters. The topological polar surface area (TPSA) is 28.2 Å². The molecule has 0 spiro atoms. The van der Waals surface area contributed by atoms with E-state index >= 15 is 0 Å². The number of nitrogens with zero attached hydrogens (tertiary/aromatic N) is 2. The van der Waals surface area contributed by atoms with Gasteiger partial charge in [-0.2, -0.15) is 0 Å². The number of rotatable bonds is 10. The molecule has 1 aliphatic rings. The van der Waals surface area contributed by atoms with Crippen LogP contribution >= 0.6 is 0 Å². The Kier molecular flexibility index (Phi) is 6.50. The van der Waals surface area contributed by atoms with E-state index in [0.717, 1.165) is 38.5 Å². The van der Waals surface area contributed by atoms with Crippen LogP contribution in [0.5, 0.6) is 0 Å². The molecule has 1 heterocycles. The Bertz CT molecular complexity index is 426. The molecule has 118 valence electrons. The summed E-state index contributed by atoms with van der Waals surface area (Å²) in [4.78, 5) is 7.31. The van der Waals surface area contributed by atoms with Crippen LogP contribution in [-0.2, 0) is 13.0 Å². The van der Waals surface area contributed by atoms with Crippen molar-refractivity contribution in [3.8, 4) is 0 Å². The van der Waals surface area contributed by atoms with Crippen molar-refractivity contribution in [2.75, 3.05) is 18.0 Å². The second-order valence-electron chi connectivity index (χ2n) is 6.16. The van der Waals surface area contributed by atoms with Crippen LogP contribution in [0, 0.1) is 0 Å². The molecule has 1 saturated carbocycles. The van der Waals surface area contributed by atoms with Gasteiger partial charge in [0.2, 0.25) is 0 Å². The van der Waals surface area contributed by atoms with Crippen molar-refractivity contribution in [3.63, 3.8) is 0 Å². The maximum absolute atomic E-state index is 4.89. The minimum absolute atomic E-state index is 0.763. The summed E-state index contributed by atoms with van der Waals surface area (Å²) in [5.41, 5.74) is 2.64. The van der Waals surface area contributed by atoms with Crippen molar-refractivity contribution in [3.05, 3.63) is 23.4 Å². The quantitative estimate of drug-likeness (QED) is 0.708. The molecule has 1 N–H and O–H groups in total. The highest BCUT2D eigenvalue weighted by Gasteiger charge is 2.20. The molecule has 1 aliphatic carbocycles. The second-order valence-corrected chi connectivity index (χ2v) is 6.16. The van der Waals surface area contributed by atoms with Gasteiger partial charge in [0, 0.05) is 31.4 Å². The monoisotopic (exact) mass is 289 g/mol. The molecule has 1 aromatic heterocycles. The van der Waals surface area contributed by atoms with Crippen molar-refractivity contribution >= 4 is 5.82 Å². The van der Waals surface area contributed by atoms with E-state index in [1.807, 2.05) is 0 Å². The number of nitrogens with one attached hydrogen (secondary N) is 1. The summed E-state index contributed by atoms with van der Waals surface area (Å²) in [5, 5.41) is 3.62. The standard InChI is InChI=1S/C18H31N3/c1-4-7-11-21(6-3)18-13-15(14-19-16-9-10-16)12-17(20-18)8-5-2/h12-13,16,19H,4-11,14H2,1-3H3. The molecule has 0 aliphatic heterocycles. The van der Waals surface area contributed by atoms with Gasteiger partial charge in [0.05, 0.1) is 0 Å². The van der Waals surface area contributed by atoms with Gasteiger partial charge in [-0.1, -0.05) is 26.7 Å². The van der Waals surface area contributed by atoms with Crippen LogP contribution in [0.25, 0.3) is 0 Å². The molecule has 3 nitrogen and oxygen atoms in total. The first-order valence-electron chi connectivity index (χ1n) is 8.75. The first-order valence-corrected chi connectivity index (χ1v) is 8.75. The van der Waals surface area contributed by atoms with Gasteiger partial charge >= 0.3 is 0 Å². The molecule has 0 amide bonds. The number of anilines is 1. The Balaban J connectivity index is 2.11. The lowest BCUT2D eigenvalue weighted by Gasteiger charge is -2.23. The predicted octanol–water partition coefficient (Wildman–Crippen LogP) is 3.91.